The second-order valence-corrected chi connectivity index (χ2v) is 9.91. The van der Waals surface area contributed by atoms with Gasteiger partial charge >= 0.3 is 13.7 Å². The van der Waals surface area contributed by atoms with Crippen LogP contribution in [-0.2, 0) is 15.9 Å². The fourth-order valence-corrected chi connectivity index (χ4v) is 5.32. The first-order valence-corrected chi connectivity index (χ1v) is 13.1. The zero-order valence-electron chi connectivity index (χ0n) is 17.8. The van der Waals surface area contributed by atoms with Gasteiger partial charge in [-0.1, -0.05) is 66.7 Å². The number of rotatable bonds is 11. The Morgan fingerprint density at radius 1 is 0.875 bits per heavy atom. The monoisotopic (exact) mass is 471 g/mol. The number of carbonyl (C=O) groups excluding carboxylic acids is 1. The van der Waals surface area contributed by atoms with Crippen LogP contribution in [0.1, 0.15) is 12.0 Å². The van der Waals surface area contributed by atoms with Crippen LogP contribution in [0, 0.1) is 0 Å². The lowest BCUT2D eigenvalue weighted by atomic mass is 10.2. The third-order valence-electron chi connectivity index (χ3n) is 4.43. The Hall–Kier alpha value is -2.89. The maximum atomic E-state index is 14.0. The van der Waals surface area contributed by atoms with Crippen molar-refractivity contribution in [3.8, 4) is 11.5 Å². The van der Waals surface area contributed by atoms with Gasteiger partial charge in [0.25, 0.3) is 0 Å². The lowest BCUT2D eigenvalue weighted by molar-refractivity contribution is 0.137. The molecule has 3 aromatic rings. The van der Waals surface area contributed by atoms with Crippen molar-refractivity contribution in [3.63, 3.8) is 0 Å². The standard InChI is InChI=1S/C24H26NO5PS/c1-32-18-17-23(25-24(26)28-19-20-11-5-2-6-12-20)31(27,29-21-13-7-3-8-14-21)30-22-15-9-4-10-16-22/h2-16,23H,17-19H2,1H3,(H,25,26). The second-order valence-electron chi connectivity index (χ2n) is 6.85. The summed E-state index contributed by atoms with van der Waals surface area (Å²) in [6.07, 6.45) is 1.62. The maximum Gasteiger partial charge on any atom is 0.453 e. The van der Waals surface area contributed by atoms with Crippen LogP contribution in [0.3, 0.4) is 0 Å². The van der Waals surface area contributed by atoms with E-state index in [0.717, 1.165) is 5.56 Å². The summed E-state index contributed by atoms with van der Waals surface area (Å²) in [5, 5.41) is 2.72. The molecule has 32 heavy (non-hydrogen) atoms. The first kappa shape index (κ1) is 23.8. The Morgan fingerprint density at radius 3 is 1.88 bits per heavy atom. The van der Waals surface area contributed by atoms with E-state index in [2.05, 4.69) is 5.32 Å². The van der Waals surface area contributed by atoms with Gasteiger partial charge in [0.1, 0.15) is 18.1 Å². The molecular formula is C24H26NO5PS. The van der Waals surface area contributed by atoms with E-state index in [-0.39, 0.29) is 6.61 Å². The van der Waals surface area contributed by atoms with Crippen molar-refractivity contribution in [3.05, 3.63) is 96.6 Å². The molecule has 0 spiro atoms. The Balaban J connectivity index is 1.80. The highest BCUT2D eigenvalue weighted by Crippen LogP contribution is 2.53. The number of ether oxygens (including phenoxy) is 1. The zero-order valence-corrected chi connectivity index (χ0v) is 19.5. The topological polar surface area (TPSA) is 73.9 Å². The predicted molar refractivity (Wildman–Crippen MR) is 128 cm³/mol. The molecule has 0 radical (unpaired) electrons. The van der Waals surface area contributed by atoms with Crippen LogP contribution in [0.5, 0.6) is 11.5 Å². The predicted octanol–water partition coefficient (Wildman–Crippen LogP) is 6.34. The molecule has 0 heterocycles. The van der Waals surface area contributed by atoms with Crippen LogP contribution in [0.2, 0.25) is 0 Å². The Bertz CT molecular complexity index is 959. The molecule has 8 heteroatoms. The Kier molecular flexibility index (Phi) is 9.08. The average Bonchev–Trinajstić information content (AvgIpc) is 2.82. The van der Waals surface area contributed by atoms with E-state index >= 15 is 0 Å². The molecule has 3 aromatic carbocycles. The molecule has 3 rings (SSSR count). The normalized spacial score (nSPS) is 11.9. The number of alkyl carbamates (subject to hydrolysis) is 1. The van der Waals surface area contributed by atoms with Gasteiger partial charge in [-0.25, -0.2) is 9.36 Å². The molecule has 0 saturated carbocycles. The fraction of sp³-hybridized carbons (Fsp3) is 0.208. The van der Waals surface area contributed by atoms with Crippen LogP contribution in [0.15, 0.2) is 91.0 Å². The minimum Gasteiger partial charge on any atom is -0.445 e. The number of amides is 1. The van der Waals surface area contributed by atoms with Crippen LogP contribution in [-0.4, -0.2) is 23.9 Å². The summed E-state index contributed by atoms with van der Waals surface area (Å²) in [7, 11) is -3.88. The first-order valence-electron chi connectivity index (χ1n) is 10.1. The van der Waals surface area contributed by atoms with Crippen molar-refractivity contribution in [1.29, 1.82) is 0 Å². The Labute approximate surface area is 192 Å². The van der Waals surface area contributed by atoms with Crippen molar-refractivity contribution >= 4 is 25.5 Å². The second kappa shape index (κ2) is 12.2. The highest BCUT2D eigenvalue weighted by atomic mass is 32.2. The highest BCUT2D eigenvalue weighted by Gasteiger charge is 2.40. The van der Waals surface area contributed by atoms with Crippen LogP contribution < -0.4 is 14.4 Å². The van der Waals surface area contributed by atoms with Crippen LogP contribution in [0.4, 0.5) is 4.79 Å². The molecular weight excluding hydrogens is 445 g/mol. The van der Waals surface area contributed by atoms with Crippen molar-refractivity contribution in [2.45, 2.75) is 18.8 Å². The third kappa shape index (κ3) is 7.36. The zero-order chi connectivity index (χ0) is 22.7. The van der Waals surface area contributed by atoms with Gasteiger partial charge in [0, 0.05) is 0 Å². The van der Waals surface area contributed by atoms with E-state index in [0.29, 0.717) is 23.7 Å². The molecule has 0 aromatic heterocycles. The van der Waals surface area contributed by atoms with Crippen LogP contribution in [0.25, 0.3) is 0 Å². The number of nitrogens with one attached hydrogen (secondary N) is 1. The molecule has 1 unspecified atom stereocenters. The number of benzene rings is 3. The number of carbonyl (C=O) groups is 1. The summed E-state index contributed by atoms with van der Waals surface area (Å²) in [5.74, 6) is 0.517. The number of thioether (sulfide) groups is 1. The van der Waals surface area contributed by atoms with E-state index < -0.39 is 19.5 Å². The average molecular weight is 472 g/mol. The number of hydrogen-bond donors (Lipinski definition) is 1. The van der Waals surface area contributed by atoms with E-state index in [1.54, 1.807) is 60.3 Å². The number of para-hydroxylation sites is 2. The van der Waals surface area contributed by atoms with E-state index in [4.69, 9.17) is 13.8 Å². The molecule has 168 valence electrons. The molecule has 6 nitrogen and oxygen atoms in total. The summed E-state index contributed by atoms with van der Waals surface area (Å²) in [6.45, 7) is 0.102. The molecule has 0 saturated heterocycles. The Morgan fingerprint density at radius 2 is 1.38 bits per heavy atom. The molecule has 1 amide bonds. The van der Waals surface area contributed by atoms with Crippen molar-refractivity contribution in [2.24, 2.45) is 0 Å². The number of hydrogen-bond acceptors (Lipinski definition) is 6. The van der Waals surface area contributed by atoms with Gasteiger partial charge in [0.15, 0.2) is 5.78 Å². The summed E-state index contributed by atoms with van der Waals surface area (Å²) in [4.78, 5) is 12.6. The quantitative estimate of drug-likeness (QED) is 0.329. The van der Waals surface area contributed by atoms with Crippen molar-refractivity contribution in [2.75, 3.05) is 12.0 Å². The van der Waals surface area contributed by atoms with E-state index in [1.165, 1.54) is 0 Å². The largest absolute Gasteiger partial charge is 0.453 e. The third-order valence-corrected chi connectivity index (χ3v) is 7.15. The summed E-state index contributed by atoms with van der Waals surface area (Å²) >= 11 is 1.57. The minimum absolute atomic E-state index is 0.102. The maximum absolute atomic E-state index is 14.0. The van der Waals surface area contributed by atoms with E-state index in [9.17, 15) is 9.36 Å². The molecule has 0 aliphatic rings. The lowest BCUT2D eigenvalue weighted by Crippen LogP contribution is -2.38. The van der Waals surface area contributed by atoms with Gasteiger partial charge in [-0.2, -0.15) is 11.8 Å². The molecule has 1 atom stereocenters. The molecule has 0 aliphatic heterocycles. The molecule has 0 aliphatic carbocycles. The molecule has 1 N–H and O–H groups in total. The van der Waals surface area contributed by atoms with Gasteiger partial charge in [-0.3, -0.25) is 0 Å². The van der Waals surface area contributed by atoms with E-state index in [1.807, 2.05) is 48.7 Å². The summed E-state index contributed by atoms with van der Waals surface area (Å²) in [5.41, 5.74) is 0.854. The molecule has 0 bridgehead atoms. The summed E-state index contributed by atoms with van der Waals surface area (Å²) < 4.78 is 31.2. The molecule has 0 fully saturated rings. The van der Waals surface area contributed by atoms with Crippen LogP contribution >= 0.6 is 19.4 Å². The lowest BCUT2D eigenvalue weighted by Gasteiger charge is -2.28. The smallest absolute Gasteiger partial charge is 0.445 e. The fourth-order valence-electron chi connectivity index (χ4n) is 2.84. The van der Waals surface area contributed by atoms with Gasteiger partial charge in [0.05, 0.1) is 0 Å². The highest BCUT2D eigenvalue weighted by molar-refractivity contribution is 7.98. The summed E-state index contributed by atoms with van der Waals surface area (Å²) in [6, 6.07) is 26.9. The van der Waals surface area contributed by atoms with Gasteiger partial charge in [-0.05, 0) is 48.3 Å². The van der Waals surface area contributed by atoms with Crippen molar-refractivity contribution < 1.29 is 23.1 Å². The van der Waals surface area contributed by atoms with Gasteiger partial charge in [-0.15, -0.1) is 0 Å². The first-order chi connectivity index (χ1) is 15.6. The van der Waals surface area contributed by atoms with Gasteiger partial charge in [0.2, 0.25) is 0 Å². The SMILES string of the molecule is CSCCC(NC(=O)OCc1ccccc1)P(=O)(Oc1ccccc1)Oc1ccccc1. The van der Waals surface area contributed by atoms with Crippen molar-refractivity contribution in [1.82, 2.24) is 5.32 Å². The minimum atomic E-state index is -3.88. The van der Waals surface area contributed by atoms with Gasteiger partial charge < -0.3 is 19.1 Å².